The van der Waals surface area contributed by atoms with Gasteiger partial charge in [-0.1, -0.05) is 13.3 Å². The Morgan fingerprint density at radius 2 is 2.07 bits per heavy atom. The van der Waals surface area contributed by atoms with Crippen LogP contribution in [0.4, 0.5) is 0 Å². The molecular formula is C13H22N2. The van der Waals surface area contributed by atoms with Crippen LogP contribution in [0.15, 0.2) is 0 Å². The highest BCUT2D eigenvalue weighted by atomic mass is 15.2. The minimum absolute atomic E-state index is 0.305. The molecule has 1 saturated heterocycles. The van der Waals surface area contributed by atoms with Crippen LogP contribution in [-0.2, 0) is 0 Å². The third kappa shape index (κ3) is 1.90. The van der Waals surface area contributed by atoms with Gasteiger partial charge >= 0.3 is 0 Å². The van der Waals surface area contributed by atoms with E-state index in [0.29, 0.717) is 18.0 Å². The Bertz CT molecular complexity index is 256. The van der Waals surface area contributed by atoms with E-state index in [4.69, 9.17) is 5.26 Å². The quantitative estimate of drug-likeness (QED) is 0.694. The number of hydrogen-bond donors (Lipinski definition) is 0. The maximum absolute atomic E-state index is 9.17. The summed E-state index contributed by atoms with van der Waals surface area (Å²) in [6, 6.07) is 4.53. The highest BCUT2D eigenvalue weighted by Crippen LogP contribution is 2.37. The van der Waals surface area contributed by atoms with Crippen molar-refractivity contribution in [2.24, 2.45) is 5.92 Å². The lowest BCUT2D eigenvalue weighted by atomic mass is 10.0. The second kappa shape index (κ2) is 4.53. The lowest BCUT2D eigenvalue weighted by molar-refractivity contribution is 0.119. The van der Waals surface area contributed by atoms with E-state index in [2.05, 4.69) is 24.8 Å². The monoisotopic (exact) mass is 206 g/mol. The van der Waals surface area contributed by atoms with Gasteiger partial charge in [-0.3, -0.25) is 4.90 Å². The van der Waals surface area contributed by atoms with Gasteiger partial charge in [0.15, 0.2) is 0 Å². The Morgan fingerprint density at radius 1 is 1.27 bits per heavy atom. The molecule has 0 spiro atoms. The summed E-state index contributed by atoms with van der Waals surface area (Å²) in [7, 11) is 0. The summed E-state index contributed by atoms with van der Waals surface area (Å²) in [5.74, 6) is 0.305. The van der Waals surface area contributed by atoms with Crippen LogP contribution in [0.2, 0.25) is 0 Å². The molecule has 2 fully saturated rings. The first-order valence-corrected chi connectivity index (χ1v) is 6.45. The Kier molecular flexibility index (Phi) is 3.31. The van der Waals surface area contributed by atoms with Crippen LogP contribution in [0.5, 0.6) is 0 Å². The molecule has 0 N–H and O–H groups in total. The lowest BCUT2D eigenvalue weighted by Gasteiger charge is -2.35. The van der Waals surface area contributed by atoms with Gasteiger partial charge in [-0.25, -0.2) is 0 Å². The molecule has 2 heteroatoms. The molecule has 0 amide bonds. The van der Waals surface area contributed by atoms with E-state index in [0.717, 1.165) is 12.5 Å². The van der Waals surface area contributed by atoms with Crippen molar-refractivity contribution in [2.75, 3.05) is 0 Å². The zero-order valence-corrected chi connectivity index (χ0v) is 9.95. The van der Waals surface area contributed by atoms with Gasteiger partial charge in [-0.15, -0.1) is 0 Å². The molecule has 1 aliphatic heterocycles. The van der Waals surface area contributed by atoms with Gasteiger partial charge in [-0.05, 0) is 39.0 Å². The van der Waals surface area contributed by atoms with E-state index in [1.54, 1.807) is 0 Å². The van der Waals surface area contributed by atoms with Crippen molar-refractivity contribution in [1.29, 1.82) is 5.26 Å². The van der Waals surface area contributed by atoms with E-state index in [1.165, 1.54) is 32.1 Å². The van der Waals surface area contributed by atoms with Gasteiger partial charge in [0.1, 0.15) is 0 Å². The summed E-state index contributed by atoms with van der Waals surface area (Å²) in [6.07, 6.45) is 7.54. The van der Waals surface area contributed by atoms with Crippen molar-refractivity contribution in [3.8, 4) is 6.07 Å². The van der Waals surface area contributed by atoms with Crippen LogP contribution >= 0.6 is 0 Å². The lowest BCUT2D eigenvalue weighted by Crippen LogP contribution is -2.44. The molecule has 0 aromatic heterocycles. The normalized spacial score (nSPS) is 41.9. The highest BCUT2D eigenvalue weighted by molar-refractivity contribution is 5.01. The summed E-state index contributed by atoms with van der Waals surface area (Å²) in [5.41, 5.74) is 0. The molecular weight excluding hydrogens is 184 g/mol. The zero-order valence-electron chi connectivity index (χ0n) is 9.95. The maximum atomic E-state index is 9.17. The minimum atomic E-state index is 0.305. The van der Waals surface area contributed by atoms with Crippen LogP contribution in [0.1, 0.15) is 52.4 Å². The molecule has 4 unspecified atom stereocenters. The molecule has 15 heavy (non-hydrogen) atoms. The number of rotatable bonds is 2. The fraction of sp³-hybridized carbons (Fsp3) is 0.923. The first-order valence-electron chi connectivity index (χ1n) is 6.45. The molecule has 1 aliphatic carbocycles. The summed E-state index contributed by atoms with van der Waals surface area (Å²) < 4.78 is 0. The third-order valence-corrected chi connectivity index (χ3v) is 4.35. The van der Waals surface area contributed by atoms with Gasteiger partial charge in [-0.2, -0.15) is 5.26 Å². The highest BCUT2D eigenvalue weighted by Gasteiger charge is 2.40. The number of nitrogens with zero attached hydrogens (tertiary/aromatic N) is 2. The summed E-state index contributed by atoms with van der Waals surface area (Å²) in [5, 5.41) is 9.17. The molecule has 1 saturated carbocycles. The average Bonchev–Trinajstić information content (AvgIpc) is 2.82. The molecule has 1 heterocycles. The SMILES string of the molecule is CCC1CCC(C)N1C1CCCC1C#N. The van der Waals surface area contributed by atoms with Crippen LogP contribution < -0.4 is 0 Å². The number of hydrogen-bond acceptors (Lipinski definition) is 2. The molecule has 2 aliphatic rings. The van der Waals surface area contributed by atoms with Crippen LogP contribution in [0, 0.1) is 17.2 Å². The summed E-state index contributed by atoms with van der Waals surface area (Å²) in [6.45, 7) is 4.62. The second-order valence-electron chi connectivity index (χ2n) is 5.17. The van der Waals surface area contributed by atoms with Crippen molar-refractivity contribution < 1.29 is 0 Å². The zero-order chi connectivity index (χ0) is 10.8. The molecule has 2 rings (SSSR count). The smallest absolute Gasteiger partial charge is 0.0672 e. The molecule has 4 atom stereocenters. The second-order valence-corrected chi connectivity index (χ2v) is 5.17. The van der Waals surface area contributed by atoms with Crippen molar-refractivity contribution >= 4 is 0 Å². The van der Waals surface area contributed by atoms with Crippen molar-refractivity contribution in [3.05, 3.63) is 0 Å². The Morgan fingerprint density at radius 3 is 2.73 bits per heavy atom. The molecule has 0 aromatic carbocycles. The first kappa shape index (κ1) is 11.0. The molecule has 84 valence electrons. The maximum Gasteiger partial charge on any atom is 0.0672 e. The van der Waals surface area contributed by atoms with Gasteiger partial charge in [0.05, 0.1) is 12.0 Å². The van der Waals surface area contributed by atoms with Crippen molar-refractivity contribution in [3.63, 3.8) is 0 Å². The van der Waals surface area contributed by atoms with E-state index < -0.39 is 0 Å². The van der Waals surface area contributed by atoms with Crippen LogP contribution in [-0.4, -0.2) is 23.0 Å². The number of nitriles is 1. The van der Waals surface area contributed by atoms with E-state index in [1.807, 2.05) is 0 Å². The van der Waals surface area contributed by atoms with Crippen LogP contribution in [0.3, 0.4) is 0 Å². The van der Waals surface area contributed by atoms with Gasteiger partial charge < -0.3 is 0 Å². The predicted molar refractivity (Wildman–Crippen MR) is 61.4 cm³/mol. The number of likely N-dealkylation sites (tertiary alicyclic amines) is 1. The standard InChI is InChI=1S/C13H22N2/c1-3-12-8-7-10(2)15(12)13-6-4-5-11(13)9-14/h10-13H,3-8H2,1-2H3. The largest absolute Gasteiger partial charge is 0.293 e. The average molecular weight is 206 g/mol. The first-order chi connectivity index (χ1) is 7.27. The van der Waals surface area contributed by atoms with Crippen molar-refractivity contribution in [2.45, 2.75) is 70.5 Å². The Balaban J connectivity index is 2.10. The predicted octanol–water partition coefficient (Wildman–Crippen LogP) is 2.94. The molecule has 2 nitrogen and oxygen atoms in total. The van der Waals surface area contributed by atoms with Crippen LogP contribution in [0.25, 0.3) is 0 Å². The Labute approximate surface area is 93.3 Å². The van der Waals surface area contributed by atoms with Crippen molar-refractivity contribution in [1.82, 2.24) is 4.90 Å². The minimum Gasteiger partial charge on any atom is -0.293 e. The van der Waals surface area contributed by atoms with Gasteiger partial charge in [0, 0.05) is 18.1 Å². The Hall–Kier alpha value is -0.550. The third-order valence-electron chi connectivity index (χ3n) is 4.35. The fourth-order valence-corrected chi connectivity index (χ4v) is 3.55. The molecule has 0 aromatic rings. The van der Waals surface area contributed by atoms with E-state index >= 15 is 0 Å². The molecule has 0 bridgehead atoms. The molecule has 0 radical (unpaired) electrons. The topological polar surface area (TPSA) is 27.0 Å². The fourth-order valence-electron chi connectivity index (χ4n) is 3.55. The van der Waals surface area contributed by atoms with Gasteiger partial charge in [0.2, 0.25) is 0 Å². The van der Waals surface area contributed by atoms with E-state index in [9.17, 15) is 0 Å². The summed E-state index contributed by atoms with van der Waals surface area (Å²) in [4.78, 5) is 2.67. The van der Waals surface area contributed by atoms with E-state index in [-0.39, 0.29) is 0 Å². The summed E-state index contributed by atoms with van der Waals surface area (Å²) >= 11 is 0. The van der Waals surface area contributed by atoms with Gasteiger partial charge in [0.25, 0.3) is 0 Å².